The Labute approximate surface area is 90.8 Å². The molecular weight excluding hydrogens is 217 g/mol. The number of nitrogens with one attached hydrogen (secondary N) is 1. The normalized spacial score (nSPS) is 14.6. The Morgan fingerprint density at radius 3 is 2.67 bits per heavy atom. The molecule has 2 unspecified atom stereocenters. The number of aromatic nitrogens is 2. The summed E-state index contributed by atoms with van der Waals surface area (Å²) in [6.07, 6.45) is 4.66. The predicted molar refractivity (Wildman–Crippen MR) is 58.6 cm³/mol. The molecule has 0 radical (unpaired) electrons. The van der Waals surface area contributed by atoms with Crippen LogP contribution in [-0.2, 0) is 10.8 Å². The van der Waals surface area contributed by atoms with Crippen LogP contribution in [0.4, 0.5) is 10.3 Å². The third-order valence-corrected chi connectivity index (χ3v) is 3.39. The van der Waals surface area contributed by atoms with Crippen LogP contribution in [0.25, 0.3) is 0 Å². The molecular formula is C9H14FN3OS. The first-order chi connectivity index (χ1) is 7.09. The van der Waals surface area contributed by atoms with Crippen molar-refractivity contribution < 1.29 is 8.60 Å². The molecule has 1 N–H and O–H groups in total. The molecule has 0 amide bonds. The second-order valence-electron chi connectivity index (χ2n) is 3.25. The maximum absolute atomic E-state index is 12.4. The highest BCUT2D eigenvalue weighted by Gasteiger charge is 2.05. The van der Waals surface area contributed by atoms with Crippen molar-refractivity contribution in [2.75, 3.05) is 18.1 Å². The van der Waals surface area contributed by atoms with Gasteiger partial charge in [0.1, 0.15) is 0 Å². The number of halogens is 1. The Balaban J connectivity index is 2.32. The third-order valence-electron chi connectivity index (χ3n) is 2.02. The summed E-state index contributed by atoms with van der Waals surface area (Å²) < 4.78 is 23.5. The SMILES string of the molecule is CC(CCNc1ncc(F)cn1)S(C)=O. The van der Waals surface area contributed by atoms with E-state index in [1.54, 1.807) is 6.26 Å². The molecule has 15 heavy (non-hydrogen) atoms. The quantitative estimate of drug-likeness (QED) is 0.827. The smallest absolute Gasteiger partial charge is 0.222 e. The molecule has 1 aromatic heterocycles. The lowest BCUT2D eigenvalue weighted by molar-refractivity contribution is 0.614. The zero-order valence-corrected chi connectivity index (χ0v) is 9.55. The molecule has 0 aliphatic rings. The van der Waals surface area contributed by atoms with E-state index < -0.39 is 16.6 Å². The zero-order chi connectivity index (χ0) is 11.3. The molecule has 84 valence electrons. The van der Waals surface area contributed by atoms with E-state index in [9.17, 15) is 8.60 Å². The van der Waals surface area contributed by atoms with E-state index in [2.05, 4.69) is 15.3 Å². The number of hydrogen-bond acceptors (Lipinski definition) is 4. The summed E-state index contributed by atoms with van der Waals surface area (Å²) in [5, 5.41) is 3.07. The monoisotopic (exact) mass is 231 g/mol. The lowest BCUT2D eigenvalue weighted by Crippen LogP contribution is -2.15. The average Bonchev–Trinajstić information content (AvgIpc) is 2.20. The van der Waals surface area contributed by atoms with Crippen molar-refractivity contribution in [1.29, 1.82) is 0 Å². The van der Waals surface area contributed by atoms with Crippen LogP contribution in [0.2, 0.25) is 0 Å². The highest BCUT2D eigenvalue weighted by atomic mass is 32.2. The van der Waals surface area contributed by atoms with Gasteiger partial charge in [-0.1, -0.05) is 6.92 Å². The molecule has 0 saturated heterocycles. The molecule has 1 rings (SSSR count). The minimum absolute atomic E-state index is 0.137. The van der Waals surface area contributed by atoms with Gasteiger partial charge in [0.25, 0.3) is 0 Å². The van der Waals surface area contributed by atoms with Gasteiger partial charge in [-0.15, -0.1) is 0 Å². The Morgan fingerprint density at radius 2 is 2.13 bits per heavy atom. The summed E-state index contributed by atoms with van der Waals surface area (Å²) in [6.45, 7) is 2.55. The Hall–Kier alpha value is -1.04. The first-order valence-corrected chi connectivity index (χ1v) is 6.25. The number of hydrogen-bond donors (Lipinski definition) is 1. The van der Waals surface area contributed by atoms with Gasteiger partial charge in [0.15, 0.2) is 5.82 Å². The van der Waals surface area contributed by atoms with Crippen molar-refractivity contribution in [3.8, 4) is 0 Å². The first-order valence-electron chi connectivity index (χ1n) is 4.63. The fourth-order valence-electron chi connectivity index (χ4n) is 0.957. The highest BCUT2D eigenvalue weighted by Crippen LogP contribution is 2.01. The fraction of sp³-hybridized carbons (Fsp3) is 0.556. The molecule has 4 nitrogen and oxygen atoms in total. The second kappa shape index (κ2) is 5.75. The number of rotatable bonds is 5. The third kappa shape index (κ3) is 4.33. The summed E-state index contributed by atoms with van der Waals surface area (Å²) >= 11 is 0. The van der Waals surface area contributed by atoms with Crippen molar-refractivity contribution in [3.63, 3.8) is 0 Å². The number of nitrogens with zero attached hydrogens (tertiary/aromatic N) is 2. The van der Waals surface area contributed by atoms with Crippen molar-refractivity contribution in [2.45, 2.75) is 18.6 Å². The van der Waals surface area contributed by atoms with Crippen LogP contribution < -0.4 is 5.32 Å². The zero-order valence-electron chi connectivity index (χ0n) is 8.74. The predicted octanol–water partition coefficient (Wildman–Crippen LogP) is 1.18. The van der Waals surface area contributed by atoms with Gasteiger partial charge in [0, 0.05) is 28.9 Å². The van der Waals surface area contributed by atoms with Crippen molar-refractivity contribution in [3.05, 3.63) is 18.2 Å². The van der Waals surface area contributed by atoms with Gasteiger partial charge in [-0.3, -0.25) is 4.21 Å². The molecule has 0 spiro atoms. The van der Waals surface area contributed by atoms with E-state index in [1.165, 1.54) is 0 Å². The maximum atomic E-state index is 12.4. The van der Waals surface area contributed by atoms with Gasteiger partial charge in [0.2, 0.25) is 5.95 Å². The lowest BCUT2D eigenvalue weighted by Gasteiger charge is -2.08. The maximum Gasteiger partial charge on any atom is 0.222 e. The highest BCUT2D eigenvalue weighted by molar-refractivity contribution is 7.84. The summed E-state index contributed by atoms with van der Waals surface area (Å²) in [6, 6.07) is 0. The minimum Gasteiger partial charge on any atom is -0.354 e. The molecule has 0 aliphatic heterocycles. The van der Waals surface area contributed by atoms with Gasteiger partial charge in [-0.25, -0.2) is 14.4 Å². The van der Waals surface area contributed by atoms with E-state index in [0.717, 1.165) is 18.8 Å². The average molecular weight is 231 g/mol. The van der Waals surface area contributed by atoms with Gasteiger partial charge in [0.05, 0.1) is 12.4 Å². The summed E-state index contributed by atoms with van der Waals surface area (Å²) in [5.74, 6) is -0.0611. The van der Waals surface area contributed by atoms with Gasteiger partial charge in [-0.05, 0) is 6.42 Å². The van der Waals surface area contributed by atoms with Crippen LogP contribution in [0, 0.1) is 5.82 Å². The number of anilines is 1. The van der Waals surface area contributed by atoms with Gasteiger partial charge < -0.3 is 5.32 Å². The van der Waals surface area contributed by atoms with Crippen LogP contribution in [0.3, 0.4) is 0 Å². The molecule has 0 saturated carbocycles. The molecule has 1 heterocycles. The molecule has 0 bridgehead atoms. The lowest BCUT2D eigenvalue weighted by atomic mass is 10.3. The molecule has 0 fully saturated rings. The van der Waals surface area contributed by atoms with E-state index in [1.807, 2.05) is 6.92 Å². The summed E-state index contributed by atoms with van der Waals surface area (Å²) in [7, 11) is -0.813. The van der Waals surface area contributed by atoms with Crippen LogP contribution >= 0.6 is 0 Å². The van der Waals surface area contributed by atoms with E-state index in [-0.39, 0.29) is 5.25 Å². The van der Waals surface area contributed by atoms with Crippen LogP contribution in [0.5, 0.6) is 0 Å². The molecule has 0 aromatic carbocycles. The van der Waals surface area contributed by atoms with Gasteiger partial charge in [-0.2, -0.15) is 0 Å². The van der Waals surface area contributed by atoms with Crippen LogP contribution in [-0.4, -0.2) is 32.2 Å². The molecule has 0 aliphatic carbocycles. The van der Waals surface area contributed by atoms with Crippen molar-refractivity contribution in [1.82, 2.24) is 9.97 Å². The van der Waals surface area contributed by atoms with E-state index in [4.69, 9.17) is 0 Å². The van der Waals surface area contributed by atoms with Crippen LogP contribution in [0.1, 0.15) is 13.3 Å². The Morgan fingerprint density at radius 1 is 1.53 bits per heavy atom. The summed E-state index contributed by atoms with van der Waals surface area (Å²) in [5.41, 5.74) is 0. The Kier molecular flexibility index (Phi) is 4.61. The fourth-order valence-corrected chi connectivity index (χ4v) is 1.41. The van der Waals surface area contributed by atoms with Crippen molar-refractivity contribution >= 4 is 16.7 Å². The first kappa shape index (κ1) is 12.0. The van der Waals surface area contributed by atoms with Crippen molar-refractivity contribution in [2.24, 2.45) is 0 Å². The second-order valence-corrected chi connectivity index (χ2v) is 5.05. The van der Waals surface area contributed by atoms with Crippen LogP contribution in [0.15, 0.2) is 12.4 Å². The van der Waals surface area contributed by atoms with Gasteiger partial charge >= 0.3 is 0 Å². The topological polar surface area (TPSA) is 54.9 Å². The Bertz CT molecular complexity index is 331. The minimum atomic E-state index is -0.813. The van der Waals surface area contributed by atoms with E-state index in [0.29, 0.717) is 12.5 Å². The molecule has 1 aromatic rings. The molecule has 2 atom stereocenters. The standard InChI is InChI=1S/C9H14FN3OS/c1-7(15(2)14)3-4-11-9-12-5-8(10)6-13-9/h5-7H,3-4H2,1-2H3,(H,11,12,13). The molecule has 6 heteroatoms. The largest absolute Gasteiger partial charge is 0.354 e. The van der Waals surface area contributed by atoms with E-state index >= 15 is 0 Å². The summed E-state index contributed by atoms with van der Waals surface area (Å²) in [4.78, 5) is 7.49.